The number of aliphatic hydroxyl groups excluding tert-OH is 1. The van der Waals surface area contributed by atoms with E-state index in [0.717, 1.165) is 19.3 Å². The topological polar surface area (TPSA) is 55.5 Å². The first-order valence-electron chi connectivity index (χ1n) is 5.94. The van der Waals surface area contributed by atoms with Gasteiger partial charge in [-0.2, -0.15) is 0 Å². The molecule has 0 aliphatic carbocycles. The monoisotopic (exact) mass is 241 g/mol. The highest BCUT2D eigenvalue weighted by molar-refractivity contribution is 5.30. The molecule has 0 fully saturated rings. The van der Waals surface area contributed by atoms with E-state index in [9.17, 15) is 4.39 Å². The summed E-state index contributed by atoms with van der Waals surface area (Å²) in [5.74, 6) is 0.198. The minimum Gasteiger partial charge on any atom is -0.493 e. The second-order valence-electron chi connectivity index (χ2n) is 4.10. The SMILES string of the molecule is C[C@@H](N)c1ccc(OCCCCCO)cc1F. The first-order valence-corrected chi connectivity index (χ1v) is 5.94. The lowest BCUT2D eigenvalue weighted by Gasteiger charge is -2.10. The Morgan fingerprint density at radius 3 is 2.71 bits per heavy atom. The highest BCUT2D eigenvalue weighted by Gasteiger charge is 2.07. The Balaban J connectivity index is 2.42. The molecule has 1 aromatic carbocycles. The predicted octanol–water partition coefficient (Wildman–Crippen LogP) is 2.39. The summed E-state index contributed by atoms with van der Waals surface area (Å²) in [4.78, 5) is 0. The molecule has 0 saturated heterocycles. The largest absolute Gasteiger partial charge is 0.493 e. The van der Waals surface area contributed by atoms with E-state index in [1.807, 2.05) is 0 Å². The number of rotatable bonds is 7. The Labute approximate surface area is 101 Å². The van der Waals surface area contributed by atoms with Crippen LogP contribution in [0.4, 0.5) is 4.39 Å². The number of benzene rings is 1. The van der Waals surface area contributed by atoms with Crippen molar-refractivity contribution in [1.82, 2.24) is 0 Å². The van der Waals surface area contributed by atoms with Crippen LogP contribution in [0.25, 0.3) is 0 Å². The standard InChI is InChI=1S/C13H20FNO2/c1-10(15)12-6-5-11(9-13(12)14)17-8-4-2-3-7-16/h5-6,9-10,16H,2-4,7-8,15H2,1H3/t10-/m1/s1. The summed E-state index contributed by atoms with van der Waals surface area (Å²) in [6, 6.07) is 4.44. The van der Waals surface area contributed by atoms with Crippen molar-refractivity contribution in [3.63, 3.8) is 0 Å². The van der Waals surface area contributed by atoms with Gasteiger partial charge in [-0.05, 0) is 32.3 Å². The fourth-order valence-electron chi connectivity index (χ4n) is 1.55. The molecule has 0 heterocycles. The van der Waals surface area contributed by atoms with Gasteiger partial charge in [-0.25, -0.2) is 4.39 Å². The molecule has 1 aromatic rings. The van der Waals surface area contributed by atoms with Crippen molar-refractivity contribution in [2.24, 2.45) is 5.73 Å². The van der Waals surface area contributed by atoms with Gasteiger partial charge in [0.15, 0.2) is 0 Å². The molecule has 17 heavy (non-hydrogen) atoms. The van der Waals surface area contributed by atoms with Gasteiger partial charge in [0.05, 0.1) is 6.61 Å². The number of halogens is 1. The lowest BCUT2D eigenvalue weighted by atomic mass is 10.1. The quantitative estimate of drug-likeness (QED) is 0.721. The molecule has 1 atom stereocenters. The van der Waals surface area contributed by atoms with Crippen molar-refractivity contribution in [2.75, 3.05) is 13.2 Å². The summed E-state index contributed by atoms with van der Waals surface area (Å²) >= 11 is 0. The van der Waals surface area contributed by atoms with E-state index in [0.29, 0.717) is 17.9 Å². The molecule has 0 spiro atoms. The molecular formula is C13H20FNO2. The van der Waals surface area contributed by atoms with Gasteiger partial charge >= 0.3 is 0 Å². The number of ether oxygens (including phenoxy) is 1. The van der Waals surface area contributed by atoms with Gasteiger partial charge < -0.3 is 15.6 Å². The molecule has 0 amide bonds. The van der Waals surface area contributed by atoms with Gasteiger partial charge in [0.2, 0.25) is 0 Å². The average molecular weight is 241 g/mol. The predicted molar refractivity (Wildman–Crippen MR) is 65.4 cm³/mol. The van der Waals surface area contributed by atoms with E-state index in [1.54, 1.807) is 19.1 Å². The second kappa shape index (κ2) is 7.25. The minimum absolute atomic E-state index is 0.206. The smallest absolute Gasteiger partial charge is 0.131 e. The molecule has 0 aliphatic rings. The molecule has 3 N–H and O–H groups in total. The lowest BCUT2D eigenvalue weighted by molar-refractivity contribution is 0.265. The number of unbranched alkanes of at least 4 members (excludes halogenated alkanes) is 2. The zero-order chi connectivity index (χ0) is 12.7. The van der Waals surface area contributed by atoms with E-state index in [2.05, 4.69) is 0 Å². The third-order valence-electron chi connectivity index (χ3n) is 2.53. The van der Waals surface area contributed by atoms with Crippen LogP contribution in [0.15, 0.2) is 18.2 Å². The number of nitrogens with two attached hydrogens (primary N) is 1. The molecule has 0 saturated carbocycles. The van der Waals surface area contributed by atoms with Crippen molar-refractivity contribution >= 4 is 0 Å². The summed E-state index contributed by atoms with van der Waals surface area (Å²) in [6.07, 6.45) is 2.55. The Morgan fingerprint density at radius 2 is 2.12 bits per heavy atom. The second-order valence-corrected chi connectivity index (χ2v) is 4.10. The van der Waals surface area contributed by atoms with Crippen molar-refractivity contribution in [1.29, 1.82) is 0 Å². The molecule has 3 nitrogen and oxygen atoms in total. The van der Waals surface area contributed by atoms with Gasteiger partial charge in [0.25, 0.3) is 0 Å². The van der Waals surface area contributed by atoms with Crippen LogP contribution in [-0.2, 0) is 0 Å². The molecule has 0 unspecified atom stereocenters. The fourth-order valence-corrected chi connectivity index (χ4v) is 1.55. The van der Waals surface area contributed by atoms with Crippen LogP contribution >= 0.6 is 0 Å². The third-order valence-corrected chi connectivity index (χ3v) is 2.53. The zero-order valence-electron chi connectivity index (χ0n) is 10.2. The first-order chi connectivity index (χ1) is 8.15. The van der Waals surface area contributed by atoms with Crippen LogP contribution in [-0.4, -0.2) is 18.3 Å². The van der Waals surface area contributed by atoms with Crippen LogP contribution in [0.5, 0.6) is 5.75 Å². The summed E-state index contributed by atoms with van der Waals surface area (Å²) in [7, 11) is 0. The maximum Gasteiger partial charge on any atom is 0.131 e. The van der Waals surface area contributed by atoms with Crippen molar-refractivity contribution in [2.45, 2.75) is 32.2 Å². The van der Waals surface area contributed by atoms with Gasteiger partial charge in [0.1, 0.15) is 11.6 Å². The normalized spacial score (nSPS) is 12.5. The van der Waals surface area contributed by atoms with Gasteiger partial charge in [-0.15, -0.1) is 0 Å². The number of hydrogen-bond acceptors (Lipinski definition) is 3. The highest BCUT2D eigenvalue weighted by Crippen LogP contribution is 2.20. The van der Waals surface area contributed by atoms with Crippen molar-refractivity contribution < 1.29 is 14.2 Å². The van der Waals surface area contributed by atoms with Gasteiger partial charge in [-0.3, -0.25) is 0 Å². The molecule has 1 rings (SSSR count). The Bertz CT molecular complexity index is 342. The van der Waals surface area contributed by atoms with Crippen LogP contribution in [0.1, 0.15) is 37.8 Å². The van der Waals surface area contributed by atoms with Crippen molar-refractivity contribution in [3.8, 4) is 5.75 Å². The maximum atomic E-state index is 13.5. The molecule has 4 heteroatoms. The van der Waals surface area contributed by atoms with Crippen molar-refractivity contribution in [3.05, 3.63) is 29.6 Å². The Morgan fingerprint density at radius 1 is 1.35 bits per heavy atom. The van der Waals surface area contributed by atoms with Crippen LogP contribution in [0.2, 0.25) is 0 Å². The summed E-state index contributed by atoms with van der Waals surface area (Å²) in [5, 5.41) is 8.60. The molecular weight excluding hydrogens is 221 g/mol. The zero-order valence-corrected chi connectivity index (χ0v) is 10.2. The van der Waals surface area contributed by atoms with Gasteiger partial charge in [-0.1, -0.05) is 6.07 Å². The summed E-state index contributed by atoms with van der Waals surface area (Å²) < 4.78 is 18.9. The van der Waals surface area contributed by atoms with Crippen LogP contribution in [0, 0.1) is 5.82 Å². The van der Waals surface area contributed by atoms with E-state index in [4.69, 9.17) is 15.6 Å². The fraction of sp³-hybridized carbons (Fsp3) is 0.538. The van der Waals surface area contributed by atoms with E-state index in [1.165, 1.54) is 6.07 Å². The Kier molecular flexibility index (Phi) is 5.94. The number of aliphatic hydroxyl groups is 1. The van der Waals surface area contributed by atoms with Gasteiger partial charge in [0, 0.05) is 24.3 Å². The minimum atomic E-state index is -0.326. The van der Waals surface area contributed by atoms with Crippen LogP contribution < -0.4 is 10.5 Å². The molecule has 96 valence electrons. The summed E-state index contributed by atoms with van der Waals surface area (Å²) in [6.45, 7) is 2.49. The van der Waals surface area contributed by atoms with E-state index in [-0.39, 0.29) is 18.5 Å². The summed E-state index contributed by atoms with van der Waals surface area (Å²) in [5.41, 5.74) is 6.11. The lowest BCUT2D eigenvalue weighted by Crippen LogP contribution is -2.07. The maximum absolute atomic E-state index is 13.5. The van der Waals surface area contributed by atoms with E-state index >= 15 is 0 Å². The molecule has 0 radical (unpaired) electrons. The third kappa shape index (κ3) is 4.71. The molecule has 0 aliphatic heterocycles. The highest BCUT2D eigenvalue weighted by atomic mass is 19.1. The number of hydrogen-bond donors (Lipinski definition) is 2. The van der Waals surface area contributed by atoms with Crippen LogP contribution in [0.3, 0.4) is 0 Å². The molecule has 0 bridgehead atoms. The average Bonchev–Trinajstić information content (AvgIpc) is 2.28. The molecule has 0 aromatic heterocycles. The van der Waals surface area contributed by atoms with E-state index < -0.39 is 0 Å². The first kappa shape index (κ1) is 13.9. The Hall–Kier alpha value is -1.13.